The Kier molecular flexibility index (Phi) is 4.26. The van der Waals surface area contributed by atoms with Crippen molar-refractivity contribution in [3.63, 3.8) is 0 Å². The van der Waals surface area contributed by atoms with Gasteiger partial charge in [-0.2, -0.15) is 0 Å². The number of piperidine rings is 1. The Hall–Kier alpha value is 0.150. The first kappa shape index (κ1) is 14.6. The van der Waals surface area contributed by atoms with Crippen LogP contribution in [0.4, 0.5) is 0 Å². The SMILES string of the molecule is CC1(NS(=O)(=O)c2cc(Cl)sc2Cl)CCNCC1. The van der Waals surface area contributed by atoms with Crippen LogP contribution in [0.1, 0.15) is 19.8 Å². The smallest absolute Gasteiger partial charge is 0.243 e. The molecule has 0 atom stereocenters. The minimum Gasteiger partial charge on any atom is -0.317 e. The maximum Gasteiger partial charge on any atom is 0.243 e. The molecule has 0 spiro atoms. The van der Waals surface area contributed by atoms with Crippen LogP contribution >= 0.6 is 34.5 Å². The molecule has 1 aliphatic heterocycles. The highest BCUT2D eigenvalue weighted by atomic mass is 35.5. The summed E-state index contributed by atoms with van der Waals surface area (Å²) in [6.45, 7) is 3.52. The summed E-state index contributed by atoms with van der Waals surface area (Å²) in [5.74, 6) is 0. The highest BCUT2D eigenvalue weighted by Crippen LogP contribution is 2.35. The molecule has 2 N–H and O–H groups in total. The predicted octanol–water partition coefficient (Wildman–Crippen LogP) is 2.48. The predicted molar refractivity (Wildman–Crippen MR) is 75.2 cm³/mol. The van der Waals surface area contributed by atoms with Gasteiger partial charge < -0.3 is 5.32 Å². The van der Waals surface area contributed by atoms with Gasteiger partial charge in [0.05, 0.1) is 4.34 Å². The van der Waals surface area contributed by atoms with Gasteiger partial charge in [-0.3, -0.25) is 0 Å². The summed E-state index contributed by atoms with van der Waals surface area (Å²) in [4.78, 5) is 0.0684. The van der Waals surface area contributed by atoms with Gasteiger partial charge in [0.2, 0.25) is 10.0 Å². The van der Waals surface area contributed by atoms with E-state index in [9.17, 15) is 8.42 Å². The molecule has 2 heterocycles. The van der Waals surface area contributed by atoms with Gasteiger partial charge in [0.25, 0.3) is 0 Å². The van der Waals surface area contributed by atoms with E-state index in [1.165, 1.54) is 6.07 Å². The second kappa shape index (κ2) is 5.26. The van der Waals surface area contributed by atoms with E-state index in [1.54, 1.807) is 0 Å². The first-order valence-electron chi connectivity index (χ1n) is 5.52. The standard InChI is InChI=1S/C10H14Cl2N2O2S2/c1-10(2-4-13-5-3-10)14-18(15,16)7-6-8(11)17-9(7)12/h6,13-14H,2-5H2,1H3. The first-order valence-corrected chi connectivity index (χ1v) is 8.57. The highest BCUT2D eigenvalue weighted by molar-refractivity contribution is 7.89. The second-order valence-electron chi connectivity index (χ2n) is 4.60. The van der Waals surface area contributed by atoms with Crippen LogP contribution in [0.2, 0.25) is 8.67 Å². The van der Waals surface area contributed by atoms with E-state index in [0.29, 0.717) is 4.34 Å². The molecule has 2 rings (SSSR count). The van der Waals surface area contributed by atoms with E-state index < -0.39 is 15.6 Å². The molecule has 1 fully saturated rings. The molecule has 18 heavy (non-hydrogen) atoms. The molecular formula is C10H14Cl2N2O2S2. The molecule has 0 aliphatic carbocycles. The van der Waals surface area contributed by atoms with E-state index in [-0.39, 0.29) is 9.23 Å². The zero-order valence-corrected chi connectivity index (χ0v) is 12.9. The van der Waals surface area contributed by atoms with E-state index in [1.807, 2.05) is 6.92 Å². The molecule has 1 aromatic rings. The zero-order valence-electron chi connectivity index (χ0n) is 9.79. The van der Waals surface area contributed by atoms with Gasteiger partial charge in [-0.15, -0.1) is 11.3 Å². The Morgan fingerprint density at radius 2 is 2.00 bits per heavy atom. The van der Waals surface area contributed by atoms with Crippen LogP contribution in [0.5, 0.6) is 0 Å². The van der Waals surface area contributed by atoms with Crippen LogP contribution in [-0.4, -0.2) is 27.0 Å². The van der Waals surface area contributed by atoms with Gasteiger partial charge in [0, 0.05) is 5.54 Å². The fraction of sp³-hybridized carbons (Fsp3) is 0.600. The van der Waals surface area contributed by atoms with Gasteiger partial charge in [0.1, 0.15) is 9.23 Å². The van der Waals surface area contributed by atoms with Crippen molar-refractivity contribution in [2.45, 2.75) is 30.2 Å². The summed E-state index contributed by atoms with van der Waals surface area (Å²) in [6, 6.07) is 1.39. The molecule has 102 valence electrons. The maximum absolute atomic E-state index is 12.3. The second-order valence-corrected chi connectivity index (χ2v) is 8.54. The topological polar surface area (TPSA) is 58.2 Å². The molecule has 0 unspecified atom stereocenters. The third-order valence-corrected chi connectivity index (χ3v) is 6.39. The van der Waals surface area contributed by atoms with E-state index in [4.69, 9.17) is 23.2 Å². The Morgan fingerprint density at radius 1 is 1.39 bits per heavy atom. The number of sulfonamides is 1. The van der Waals surface area contributed by atoms with Crippen LogP contribution in [0.3, 0.4) is 0 Å². The molecule has 0 bridgehead atoms. The van der Waals surface area contributed by atoms with Crippen molar-refractivity contribution in [2.24, 2.45) is 0 Å². The van der Waals surface area contributed by atoms with Gasteiger partial charge in [-0.05, 0) is 38.9 Å². The van der Waals surface area contributed by atoms with Crippen molar-refractivity contribution in [1.29, 1.82) is 0 Å². The summed E-state index contributed by atoms with van der Waals surface area (Å²) < 4.78 is 27.9. The molecule has 1 aliphatic rings. The van der Waals surface area contributed by atoms with E-state index >= 15 is 0 Å². The zero-order chi connectivity index (χ0) is 13.4. The normalized spacial score (nSPS) is 19.9. The van der Waals surface area contributed by atoms with Crippen LogP contribution in [-0.2, 0) is 10.0 Å². The fourth-order valence-electron chi connectivity index (χ4n) is 1.97. The number of halogens is 2. The average Bonchev–Trinajstić information content (AvgIpc) is 2.58. The molecule has 1 saturated heterocycles. The average molecular weight is 329 g/mol. The van der Waals surface area contributed by atoms with Crippen molar-refractivity contribution in [3.8, 4) is 0 Å². The molecule has 0 aromatic carbocycles. The summed E-state index contributed by atoms with van der Waals surface area (Å²) >= 11 is 12.7. The monoisotopic (exact) mass is 328 g/mol. The summed E-state index contributed by atoms with van der Waals surface area (Å²) in [7, 11) is -3.61. The minimum atomic E-state index is -3.61. The van der Waals surface area contributed by atoms with Crippen molar-refractivity contribution in [2.75, 3.05) is 13.1 Å². The van der Waals surface area contributed by atoms with Crippen LogP contribution < -0.4 is 10.0 Å². The lowest BCUT2D eigenvalue weighted by Gasteiger charge is -2.34. The minimum absolute atomic E-state index is 0.0684. The first-order chi connectivity index (χ1) is 8.32. The Bertz CT molecular complexity index is 536. The van der Waals surface area contributed by atoms with Crippen molar-refractivity contribution in [1.82, 2.24) is 10.0 Å². The van der Waals surface area contributed by atoms with Crippen LogP contribution in [0.15, 0.2) is 11.0 Å². The quantitative estimate of drug-likeness (QED) is 0.896. The third-order valence-electron chi connectivity index (χ3n) is 3.00. The lowest BCUT2D eigenvalue weighted by atomic mass is 9.92. The Morgan fingerprint density at radius 3 is 2.50 bits per heavy atom. The highest BCUT2D eigenvalue weighted by Gasteiger charge is 2.33. The molecule has 0 radical (unpaired) electrons. The van der Waals surface area contributed by atoms with E-state index in [2.05, 4.69) is 10.0 Å². The summed E-state index contributed by atoms with van der Waals surface area (Å²) in [5, 5.41) is 3.20. The van der Waals surface area contributed by atoms with Crippen molar-refractivity contribution >= 4 is 44.6 Å². The number of nitrogens with one attached hydrogen (secondary N) is 2. The fourth-order valence-corrected chi connectivity index (χ4v) is 5.58. The molecule has 1 aromatic heterocycles. The molecule has 0 amide bonds. The number of hydrogen-bond acceptors (Lipinski definition) is 4. The lowest BCUT2D eigenvalue weighted by molar-refractivity contribution is 0.308. The third kappa shape index (κ3) is 3.18. The van der Waals surface area contributed by atoms with Crippen molar-refractivity contribution < 1.29 is 8.42 Å². The van der Waals surface area contributed by atoms with Gasteiger partial charge in [-0.1, -0.05) is 23.2 Å². The molecule has 0 saturated carbocycles. The Labute approximate surface area is 121 Å². The number of thiophene rings is 1. The lowest BCUT2D eigenvalue weighted by Crippen LogP contribution is -2.52. The summed E-state index contributed by atoms with van der Waals surface area (Å²) in [5.41, 5.74) is -0.429. The molecular weight excluding hydrogens is 315 g/mol. The van der Waals surface area contributed by atoms with Crippen molar-refractivity contribution in [3.05, 3.63) is 14.7 Å². The molecule has 4 nitrogen and oxygen atoms in total. The largest absolute Gasteiger partial charge is 0.317 e. The Balaban J connectivity index is 2.24. The van der Waals surface area contributed by atoms with Gasteiger partial charge >= 0.3 is 0 Å². The van der Waals surface area contributed by atoms with Crippen LogP contribution in [0.25, 0.3) is 0 Å². The summed E-state index contributed by atoms with van der Waals surface area (Å²) in [6.07, 6.45) is 1.50. The molecule has 8 heteroatoms. The van der Waals surface area contributed by atoms with E-state index in [0.717, 1.165) is 37.3 Å². The maximum atomic E-state index is 12.3. The number of rotatable bonds is 3. The van der Waals surface area contributed by atoms with Crippen LogP contribution in [0, 0.1) is 0 Å². The van der Waals surface area contributed by atoms with Gasteiger partial charge in [0.15, 0.2) is 0 Å². The number of hydrogen-bond donors (Lipinski definition) is 2. The van der Waals surface area contributed by atoms with Gasteiger partial charge in [-0.25, -0.2) is 13.1 Å².